The van der Waals surface area contributed by atoms with Crippen LogP contribution in [0.4, 0.5) is 0 Å². The van der Waals surface area contributed by atoms with Crippen LogP contribution in [0.5, 0.6) is 0 Å². The van der Waals surface area contributed by atoms with Crippen LogP contribution in [0.15, 0.2) is 48.8 Å². The molecular weight excluding hydrogens is 196 g/mol. The van der Waals surface area contributed by atoms with Crippen molar-refractivity contribution >= 4 is 0 Å². The van der Waals surface area contributed by atoms with Crippen molar-refractivity contribution in [3.8, 4) is 0 Å². The molecule has 0 spiro atoms. The molecule has 0 atom stereocenters. The average molecular weight is 212 g/mol. The lowest BCUT2D eigenvalue weighted by Gasteiger charge is -2.06. The Kier molecular flexibility index (Phi) is 3.67. The zero-order valence-electron chi connectivity index (χ0n) is 9.48. The first-order valence-electron chi connectivity index (χ1n) is 5.50. The van der Waals surface area contributed by atoms with Gasteiger partial charge in [-0.2, -0.15) is 0 Å². The molecule has 0 bridgehead atoms. The molecule has 1 heterocycles. The van der Waals surface area contributed by atoms with Gasteiger partial charge in [-0.25, -0.2) is 0 Å². The summed E-state index contributed by atoms with van der Waals surface area (Å²) in [5, 5.41) is 3.42. The lowest BCUT2D eigenvalue weighted by molar-refractivity contribution is 0.688. The summed E-state index contributed by atoms with van der Waals surface area (Å²) in [6.07, 6.45) is 3.75. The van der Waals surface area contributed by atoms with Crippen LogP contribution in [-0.4, -0.2) is 4.98 Å². The van der Waals surface area contributed by atoms with E-state index in [-0.39, 0.29) is 0 Å². The van der Waals surface area contributed by atoms with E-state index in [1.165, 1.54) is 16.7 Å². The molecule has 0 saturated heterocycles. The fourth-order valence-electron chi connectivity index (χ4n) is 1.62. The predicted octanol–water partition coefficient (Wildman–Crippen LogP) is 2.68. The summed E-state index contributed by atoms with van der Waals surface area (Å²) in [5.74, 6) is 0. The molecule has 0 aliphatic rings. The molecule has 1 N–H and O–H groups in total. The minimum atomic E-state index is 0.870. The summed E-state index contributed by atoms with van der Waals surface area (Å²) in [6, 6.07) is 12.5. The molecule has 2 heteroatoms. The quantitative estimate of drug-likeness (QED) is 0.842. The second kappa shape index (κ2) is 5.42. The van der Waals surface area contributed by atoms with Crippen molar-refractivity contribution in [3.05, 3.63) is 65.5 Å². The highest BCUT2D eigenvalue weighted by Crippen LogP contribution is 2.05. The molecule has 16 heavy (non-hydrogen) atoms. The van der Waals surface area contributed by atoms with Gasteiger partial charge >= 0.3 is 0 Å². The van der Waals surface area contributed by atoms with Crippen LogP contribution < -0.4 is 5.32 Å². The Morgan fingerprint density at radius 2 is 1.88 bits per heavy atom. The topological polar surface area (TPSA) is 24.9 Å². The maximum absolute atomic E-state index is 4.13. The molecule has 82 valence electrons. The summed E-state index contributed by atoms with van der Waals surface area (Å²) >= 11 is 0. The Morgan fingerprint density at radius 3 is 2.62 bits per heavy atom. The molecule has 0 aliphatic heterocycles. The summed E-state index contributed by atoms with van der Waals surface area (Å²) < 4.78 is 0. The summed E-state index contributed by atoms with van der Waals surface area (Å²) in [6.45, 7) is 3.88. The maximum Gasteiger partial charge on any atom is 0.0315 e. The van der Waals surface area contributed by atoms with Crippen LogP contribution >= 0.6 is 0 Å². The van der Waals surface area contributed by atoms with Gasteiger partial charge in [0.1, 0.15) is 0 Å². The Labute approximate surface area is 96.4 Å². The summed E-state index contributed by atoms with van der Waals surface area (Å²) in [4.78, 5) is 4.13. The van der Waals surface area contributed by atoms with Crippen molar-refractivity contribution in [3.63, 3.8) is 0 Å². The Balaban J connectivity index is 1.87. The monoisotopic (exact) mass is 212 g/mol. The van der Waals surface area contributed by atoms with E-state index in [2.05, 4.69) is 41.5 Å². The number of nitrogens with zero attached hydrogens (tertiary/aromatic N) is 1. The molecule has 2 nitrogen and oxygen atoms in total. The first-order chi connectivity index (χ1) is 7.86. The molecule has 0 saturated carbocycles. The van der Waals surface area contributed by atoms with Gasteiger partial charge in [0.05, 0.1) is 0 Å². The predicted molar refractivity (Wildman–Crippen MR) is 66.0 cm³/mol. The maximum atomic E-state index is 4.13. The van der Waals surface area contributed by atoms with Gasteiger partial charge in [-0.1, -0.05) is 30.3 Å². The molecule has 0 aliphatic carbocycles. The highest BCUT2D eigenvalue weighted by Gasteiger charge is 1.97. The third-order valence-corrected chi connectivity index (χ3v) is 2.63. The van der Waals surface area contributed by atoms with E-state index in [1.54, 1.807) is 0 Å². The van der Waals surface area contributed by atoms with Gasteiger partial charge in [0.25, 0.3) is 0 Å². The van der Waals surface area contributed by atoms with E-state index >= 15 is 0 Å². The Bertz CT molecular complexity index is 437. The van der Waals surface area contributed by atoms with Crippen molar-refractivity contribution in [1.29, 1.82) is 0 Å². The first kappa shape index (κ1) is 10.8. The van der Waals surface area contributed by atoms with Crippen molar-refractivity contribution in [1.82, 2.24) is 10.3 Å². The molecule has 0 amide bonds. The molecule has 0 fully saturated rings. The highest BCUT2D eigenvalue weighted by atomic mass is 14.8. The second-order valence-electron chi connectivity index (χ2n) is 3.89. The molecule has 1 aromatic carbocycles. The van der Waals surface area contributed by atoms with Crippen LogP contribution in [0.3, 0.4) is 0 Å². The van der Waals surface area contributed by atoms with Gasteiger partial charge < -0.3 is 5.32 Å². The lowest BCUT2D eigenvalue weighted by Crippen LogP contribution is -2.13. The number of benzene rings is 1. The molecule has 1 aromatic heterocycles. The van der Waals surface area contributed by atoms with E-state index in [1.807, 2.05) is 24.5 Å². The largest absolute Gasteiger partial charge is 0.309 e. The normalized spacial score (nSPS) is 10.3. The van der Waals surface area contributed by atoms with E-state index in [9.17, 15) is 0 Å². The number of hydrogen-bond donors (Lipinski definition) is 1. The van der Waals surface area contributed by atoms with Gasteiger partial charge in [-0.15, -0.1) is 0 Å². The number of aryl methyl sites for hydroxylation is 1. The van der Waals surface area contributed by atoms with Crippen LogP contribution in [0.1, 0.15) is 16.7 Å². The summed E-state index contributed by atoms with van der Waals surface area (Å²) in [7, 11) is 0. The van der Waals surface area contributed by atoms with Crippen LogP contribution in [-0.2, 0) is 13.1 Å². The van der Waals surface area contributed by atoms with Crippen molar-refractivity contribution in [2.75, 3.05) is 0 Å². The first-order valence-corrected chi connectivity index (χ1v) is 5.50. The van der Waals surface area contributed by atoms with Crippen molar-refractivity contribution in [2.45, 2.75) is 20.0 Å². The number of rotatable bonds is 4. The number of pyridine rings is 1. The third kappa shape index (κ3) is 2.91. The number of hydrogen-bond acceptors (Lipinski definition) is 2. The van der Waals surface area contributed by atoms with Gasteiger partial charge in [-0.3, -0.25) is 4.98 Å². The summed E-state index contributed by atoms with van der Waals surface area (Å²) in [5.41, 5.74) is 3.86. The molecule has 0 unspecified atom stereocenters. The minimum absolute atomic E-state index is 0.870. The van der Waals surface area contributed by atoms with E-state index in [4.69, 9.17) is 0 Å². The van der Waals surface area contributed by atoms with E-state index in [0.29, 0.717) is 0 Å². The van der Waals surface area contributed by atoms with Crippen LogP contribution in [0.25, 0.3) is 0 Å². The van der Waals surface area contributed by atoms with E-state index in [0.717, 1.165) is 13.1 Å². The SMILES string of the molecule is Cc1ccncc1CNCc1ccccc1. The number of aromatic nitrogens is 1. The molecule has 0 radical (unpaired) electrons. The van der Waals surface area contributed by atoms with Crippen LogP contribution in [0, 0.1) is 6.92 Å². The van der Waals surface area contributed by atoms with Gasteiger partial charge in [0, 0.05) is 25.5 Å². The molecule has 2 aromatic rings. The van der Waals surface area contributed by atoms with Gasteiger partial charge in [0.15, 0.2) is 0 Å². The zero-order valence-corrected chi connectivity index (χ0v) is 9.48. The Hall–Kier alpha value is -1.67. The standard InChI is InChI=1S/C14H16N2/c1-12-7-8-15-10-14(12)11-16-9-13-5-3-2-4-6-13/h2-8,10,16H,9,11H2,1H3. The van der Waals surface area contributed by atoms with Crippen molar-refractivity contribution in [2.24, 2.45) is 0 Å². The van der Waals surface area contributed by atoms with Gasteiger partial charge in [0.2, 0.25) is 0 Å². The smallest absolute Gasteiger partial charge is 0.0315 e. The second-order valence-corrected chi connectivity index (χ2v) is 3.89. The number of nitrogens with one attached hydrogen (secondary N) is 1. The van der Waals surface area contributed by atoms with Crippen molar-refractivity contribution < 1.29 is 0 Å². The molecular formula is C14H16N2. The average Bonchev–Trinajstić information content (AvgIpc) is 2.33. The van der Waals surface area contributed by atoms with Crippen LogP contribution in [0.2, 0.25) is 0 Å². The fraction of sp³-hybridized carbons (Fsp3) is 0.214. The Morgan fingerprint density at radius 1 is 1.06 bits per heavy atom. The third-order valence-electron chi connectivity index (χ3n) is 2.63. The lowest BCUT2D eigenvalue weighted by atomic mass is 10.1. The fourth-order valence-corrected chi connectivity index (χ4v) is 1.62. The van der Waals surface area contributed by atoms with Gasteiger partial charge in [-0.05, 0) is 29.7 Å². The molecule has 2 rings (SSSR count). The minimum Gasteiger partial charge on any atom is -0.309 e. The van der Waals surface area contributed by atoms with E-state index < -0.39 is 0 Å². The zero-order chi connectivity index (χ0) is 11.2. The highest BCUT2D eigenvalue weighted by molar-refractivity contribution is 5.21.